The quantitative estimate of drug-likeness (QED) is 0.591. The molecule has 2 N–H and O–H groups in total. The number of aliphatic hydroxyl groups excluding tert-OH is 1. The first-order valence-electron chi connectivity index (χ1n) is 9.03. The van der Waals surface area contributed by atoms with E-state index in [1.807, 2.05) is 13.0 Å². The second-order valence-electron chi connectivity index (χ2n) is 9.90. The van der Waals surface area contributed by atoms with E-state index in [9.17, 15) is 10.2 Å². The molecule has 2 aliphatic rings. The predicted octanol–water partition coefficient (Wildman–Crippen LogP) is 4.13. The van der Waals surface area contributed by atoms with E-state index in [1.165, 1.54) is 0 Å². The summed E-state index contributed by atoms with van der Waals surface area (Å²) < 4.78 is 6.74. The van der Waals surface area contributed by atoms with Crippen LogP contribution in [0, 0.1) is 22.7 Å². The minimum absolute atomic E-state index is 0.0411. The lowest BCUT2D eigenvalue weighted by molar-refractivity contribution is -0.122. The van der Waals surface area contributed by atoms with E-state index in [1.54, 1.807) is 0 Å². The van der Waals surface area contributed by atoms with Crippen molar-refractivity contribution in [3.63, 3.8) is 0 Å². The SMILES string of the molecule is C=C[C@@H]1[C@]2(C)C=C[C@H](O[Si](C)(C)C(C)(C)C)[C@@]1(C)[C@](C)(O)[C@@H]2CO. The van der Waals surface area contributed by atoms with Gasteiger partial charge < -0.3 is 14.6 Å². The lowest BCUT2D eigenvalue weighted by atomic mass is 9.62. The van der Waals surface area contributed by atoms with Crippen LogP contribution in [0.1, 0.15) is 41.5 Å². The Labute approximate surface area is 148 Å². The van der Waals surface area contributed by atoms with Crippen LogP contribution in [0.15, 0.2) is 24.8 Å². The normalized spacial score (nSPS) is 45.5. The maximum atomic E-state index is 11.5. The molecule has 4 heteroatoms. The third kappa shape index (κ3) is 2.33. The summed E-state index contributed by atoms with van der Waals surface area (Å²) in [5.74, 6) is -0.181. The van der Waals surface area contributed by atoms with Gasteiger partial charge in [0.05, 0.1) is 11.7 Å². The molecule has 0 aromatic heterocycles. The zero-order valence-electron chi connectivity index (χ0n) is 16.7. The van der Waals surface area contributed by atoms with E-state index in [2.05, 4.69) is 66.4 Å². The Balaban J connectivity index is 2.56. The number of aliphatic hydroxyl groups is 2. The molecule has 2 bridgehead atoms. The summed E-state index contributed by atoms with van der Waals surface area (Å²) in [6.07, 6.45) is 6.06. The number of allylic oxidation sites excluding steroid dienone is 2. The van der Waals surface area contributed by atoms with Crippen LogP contribution in [0.25, 0.3) is 0 Å². The van der Waals surface area contributed by atoms with Gasteiger partial charge in [0.2, 0.25) is 0 Å². The second kappa shape index (κ2) is 5.54. The first-order chi connectivity index (χ1) is 10.7. The van der Waals surface area contributed by atoms with Gasteiger partial charge in [-0.3, -0.25) is 0 Å². The molecule has 0 aromatic rings. The highest BCUT2D eigenvalue weighted by atomic mass is 28.4. The lowest BCUT2D eigenvalue weighted by Crippen LogP contribution is -2.57. The maximum absolute atomic E-state index is 11.5. The fourth-order valence-electron chi connectivity index (χ4n) is 4.87. The van der Waals surface area contributed by atoms with Crippen molar-refractivity contribution >= 4 is 8.32 Å². The number of hydrogen-bond donors (Lipinski definition) is 2. The molecule has 1 saturated carbocycles. The largest absolute Gasteiger partial charge is 0.410 e. The highest BCUT2D eigenvalue weighted by Crippen LogP contribution is 2.68. The monoisotopic (exact) mass is 352 g/mol. The molecule has 2 rings (SSSR count). The smallest absolute Gasteiger partial charge is 0.192 e. The summed E-state index contributed by atoms with van der Waals surface area (Å²) in [5.41, 5.74) is -1.85. The summed E-state index contributed by atoms with van der Waals surface area (Å²) in [7, 11) is -2.00. The summed E-state index contributed by atoms with van der Waals surface area (Å²) >= 11 is 0. The molecule has 0 aliphatic heterocycles. The van der Waals surface area contributed by atoms with Gasteiger partial charge in [0.1, 0.15) is 0 Å². The molecule has 0 unspecified atom stereocenters. The van der Waals surface area contributed by atoms with E-state index in [0.29, 0.717) is 0 Å². The van der Waals surface area contributed by atoms with Crippen molar-refractivity contribution in [1.29, 1.82) is 0 Å². The van der Waals surface area contributed by atoms with Crippen LogP contribution in [-0.2, 0) is 4.43 Å². The Morgan fingerprint density at radius 1 is 1.25 bits per heavy atom. The van der Waals surface area contributed by atoms with Crippen LogP contribution in [0.4, 0.5) is 0 Å². The minimum atomic E-state index is -2.00. The molecule has 0 spiro atoms. The van der Waals surface area contributed by atoms with Gasteiger partial charge in [-0.2, -0.15) is 0 Å². The van der Waals surface area contributed by atoms with Crippen LogP contribution in [0.3, 0.4) is 0 Å². The summed E-state index contributed by atoms with van der Waals surface area (Å²) in [6, 6.07) is 0. The zero-order valence-corrected chi connectivity index (χ0v) is 17.7. The van der Waals surface area contributed by atoms with Gasteiger partial charge in [-0.25, -0.2) is 0 Å². The molecule has 0 saturated heterocycles. The third-order valence-electron chi connectivity index (χ3n) is 7.70. The van der Waals surface area contributed by atoms with Gasteiger partial charge in [0.15, 0.2) is 8.32 Å². The van der Waals surface area contributed by atoms with Gasteiger partial charge in [-0.05, 0) is 31.0 Å². The lowest BCUT2D eigenvalue weighted by Gasteiger charge is -2.51. The molecule has 3 nitrogen and oxygen atoms in total. The molecule has 1 fully saturated rings. The van der Waals surface area contributed by atoms with Gasteiger partial charge in [-0.15, -0.1) is 6.58 Å². The molecular formula is C20H36O3Si. The summed E-state index contributed by atoms with van der Waals surface area (Å²) in [5, 5.41) is 21.6. The molecule has 0 aromatic carbocycles. The Morgan fingerprint density at radius 2 is 1.79 bits per heavy atom. The van der Waals surface area contributed by atoms with Crippen LogP contribution >= 0.6 is 0 Å². The van der Waals surface area contributed by atoms with Crippen LogP contribution in [-0.4, -0.2) is 36.8 Å². The van der Waals surface area contributed by atoms with Crippen molar-refractivity contribution in [2.75, 3.05) is 6.61 Å². The molecular weight excluding hydrogens is 316 g/mol. The molecule has 138 valence electrons. The van der Waals surface area contributed by atoms with Crippen molar-refractivity contribution in [3.8, 4) is 0 Å². The van der Waals surface area contributed by atoms with Gasteiger partial charge in [-0.1, -0.05) is 52.8 Å². The first kappa shape index (κ1) is 19.9. The fourth-order valence-corrected chi connectivity index (χ4v) is 6.18. The van der Waals surface area contributed by atoms with Crippen molar-refractivity contribution < 1.29 is 14.6 Å². The molecule has 24 heavy (non-hydrogen) atoms. The van der Waals surface area contributed by atoms with Crippen LogP contribution < -0.4 is 0 Å². The topological polar surface area (TPSA) is 49.7 Å². The van der Waals surface area contributed by atoms with Gasteiger partial charge >= 0.3 is 0 Å². The molecule has 6 atom stereocenters. The van der Waals surface area contributed by atoms with Crippen molar-refractivity contribution in [2.45, 2.75) is 71.4 Å². The maximum Gasteiger partial charge on any atom is 0.192 e. The number of fused-ring (bicyclic) bond motifs is 2. The zero-order chi connectivity index (χ0) is 18.8. The summed E-state index contributed by atoms with van der Waals surface area (Å²) in [4.78, 5) is 0. The average molecular weight is 353 g/mol. The second-order valence-corrected chi connectivity index (χ2v) is 14.7. The Bertz CT molecular complexity index is 546. The molecule has 0 heterocycles. The standard InChI is InChI=1S/C20H36O3Si/c1-10-14-18(5)12-11-16(23-24(8,9)17(2,3)4)19(14,6)20(7,22)15(18)13-21/h10-12,14-16,21-22H,1,13H2,2-9H3/t14-,15-,16+,18+,19+,20-/m1/s1. The van der Waals surface area contributed by atoms with E-state index < -0.39 is 19.3 Å². The van der Waals surface area contributed by atoms with E-state index in [0.717, 1.165) is 0 Å². The van der Waals surface area contributed by atoms with Gasteiger partial charge in [0.25, 0.3) is 0 Å². The van der Waals surface area contributed by atoms with Crippen LogP contribution in [0.2, 0.25) is 18.1 Å². The van der Waals surface area contributed by atoms with Crippen molar-refractivity contribution in [2.24, 2.45) is 22.7 Å². The summed E-state index contributed by atoms with van der Waals surface area (Å²) in [6.45, 7) is 21.3. The molecule has 2 aliphatic carbocycles. The van der Waals surface area contributed by atoms with Crippen LogP contribution in [0.5, 0.6) is 0 Å². The Hall–Kier alpha value is -0.423. The van der Waals surface area contributed by atoms with E-state index in [4.69, 9.17) is 4.43 Å². The third-order valence-corrected chi connectivity index (χ3v) is 12.2. The highest BCUT2D eigenvalue weighted by molar-refractivity contribution is 6.74. The molecule has 0 radical (unpaired) electrons. The van der Waals surface area contributed by atoms with Gasteiger partial charge in [0, 0.05) is 23.4 Å². The highest BCUT2D eigenvalue weighted by Gasteiger charge is 2.71. The average Bonchev–Trinajstić information content (AvgIpc) is 2.50. The first-order valence-corrected chi connectivity index (χ1v) is 11.9. The molecule has 0 amide bonds. The number of rotatable bonds is 4. The Morgan fingerprint density at radius 3 is 2.21 bits per heavy atom. The van der Waals surface area contributed by atoms with E-state index >= 15 is 0 Å². The van der Waals surface area contributed by atoms with Crippen molar-refractivity contribution in [1.82, 2.24) is 0 Å². The van der Waals surface area contributed by atoms with Crippen molar-refractivity contribution in [3.05, 3.63) is 24.8 Å². The fraction of sp³-hybridized carbons (Fsp3) is 0.800. The van der Waals surface area contributed by atoms with E-state index in [-0.39, 0.29) is 35.0 Å². The predicted molar refractivity (Wildman–Crippen MR) is 102 cm³/mol. The minimum Gasteiger partial charge on any atom is -0.410 e. The number of hydrogen-bond acceptors (Lipinski definition) is 3. The Kier molecular flexibility index (Phi) is 4.59.